The number of aryl methyl sites for hydroxylation is 1. The fraction of sp³-hybridized carbons (Fsp3) is 0.733. The third kappa shape index (κ3) is 3.28. The summed E-state index contributed by atoms with van der Waals surface area (Å²) >= 11 is 3.27. The Bertz CT molecular complexity index is 508. The maximum atomic E-state index is 11.8. The Balaban J connectivity index is 2.12. The van der Waals surface area contributed by atoms with Gasteiger partial charge in [-0.2, -0.15) is 0 Å². The first-order valence-electron chi connectivity index (χ1n) is 7.05. The van der Waals surface area contributed by atoms with E-state index in [4.69, 9.17) is 0 Å². The molecule has 0 aromatic carbocycles. The van der Waals surface area contributed by atoms with Crippen LogP contribution < -0.4 is 5.56 Å². The Morgan fingerprint density at radius 1 is 1.21 bits per heavy atom. The van der Waals surface area contributed by atoms with E-state index in [-0.39, 0.29) is 5.56 Å². The van der Waals surface area contributed by atoms with Gasteiger partial charge in [0.05, 0.1) is 5.69 Å². The van der Waals surface area contributed by atoms with Gasteiger partial charge in [0.2, 0.25) is 0 Å². The Labute approximate surface area is 123 Å². The van der Waals surface area contributed by atoms with Gasteiger partial charge in [-0.1, -0.05) is 20.8 Å². The molecule has 3 nitrogen and oxygen atoms in total. The lowest BCUT2D eigenvalue weighted by Crippen LogP contribution is -2.27. The number of nitrogens with one attached hydrogen (secondary N) is 1. The van der Waals surface area contributed by atoms with Crippen LogP contribution in [0.25, 0.3) is 0 Å². The Kier molecular flexibility index (Phi) is 4.19. The largest absolute Gasteiger partial charge is 0.309 e. The first-order valence-corrected chi connectivity index (χ1v) is 7.84. The minimum atomic E-state index is -0.0551. The summed E-state index contributed by atoms with van der Waals surface area (Å²) in [5.74, 6) is 2.07. The average Bonchev–Trinajstić information content (AvgIpc) is 2.34. The summed E-state index contributed by atoms with van der Waals surface area (Å²) in [4.78, 5) is 19.3. The van der Waals surface area contributed by atoms with Crippen LogP contribution in [0.5, 0.6) is 0 Å². The third-order valence-electron chi connectivity index (χ3n) is 4.39. The third-order valence-corrected chi connectivity index (χ3v) is 5.32. The molecule has 1 aromatic heterocycles. The van der Waals surface area contributed by atoms with Gasteiger partial charge in [-0.25, -0.2) is 4.98 Å². The molecule has 0 unspecified atom stereocenters. The van der Waals surface area contributed by atoms with Crippen LogP contribution in [-0.2, 0) is 0 Å². The van der Waals surface area contributed by atoms with Crippen LogP contribution in [0.2, 0.25) is 0 Å². The van der Waals surface area contributed by atoms with Gasteiger partial charge in [0.1, 0.15) is 10.3 Å². The molecule has 1 N–H and O–H groups in total. The maximum Gasteiger partial charge on any atom is 0.265 e. The van der Waals surface area contributed by atoms with Crippen molar-refractivity contribution in [2.45, 2.75) is 59.3 Å². The van der Waals surface area contributed by atoms with Crippen LogP contribution in [0.1, 0.15) is 63.9 Å². The van der Waals surface area contributed by atoms with Crippen molar-refractivity contribution in [3.63, 3.8) is 0 Å². The predicted octanol–water partition coefficient (Wildman–Crippen LogP) is 4.16. The average molecular weight is 327 g/mol. The second-order valence-corrected chi connectivity index (χ2v) is 7.56. The van der Waals surface area contributed by atoms with Crippen molar-refractivity contribution < 1.29 is 0 Å². The fourth-order valence-electron chi connectivity index (χ4n) is 3.02. The van der Waals surface area contributed by atoms with Gasteiger partial charge in [-0.3, -0.25) is 4.79 Å². The number of nitrogens with zero attached hydrogens (tertiary/aromatic N) is 1. The minimum Gasteiger partial charge on any atom is -0.309 e. The zero-order valence-corrected chi connectivity index (χ0v) is 13.8. The summed E-state index contributed by atoms with van der Waals surface area (Å²) in [6.07, 6.45) is 4.72. The fourth-order valence-corrected chi connectivity index (χ4v) is 3.21. The van der Waals surface area contributed by atoms with Crippen LogP contribution in [0.4, 0.5) is 0 Å². The molecular formula is C15H23BrN2O. The van der Waals surface area contributed by atoms with Gasteiger partial charge in [0, 0.05) is 5.92 Å². The van der Waals surface area contributed by atoms with Crippen LogP contribution in [0.3, 0.4) is 0 Å². The molecule has 2 rings (SSSR count). The molecule has 1 saturated carbocycles. The topological polar surface area (TPSA) is 45.8 Å². The summed E-state index contributed by atoms with van der Waals surface area (Å²) in [5.41, 5.74) is 1.12. The molecule has 0 bridgehead atoms. The van der Waals surface area contributed by atoms with Crippen LogP contribution >= 0.6 is 15.9 Å². The van der Waals surface area contributed by atoms with Crippen molar-refractivity contribution in [2.24, 2.45) is 11.3 Å². The second-order valence-electron chi connectivity index (χ2n) is 6.77. The number of H-pyrrole nitrogens is 1. The summed E-state index contributed by atoms with van der Waals surface area (Å²) in [5, 5.41) is 0. The van der Waals surface area contributed by atoms with E-state index in [1.807, 2.05) is 6.92 Å². The first-order chi connectivity index (χ1) is 8.79. The SMILES string of the molecule is Cc1nc(C2CCC(C(C)(C)C)CC2)[nH]c(=O)c1Br. The van der Waals surface area contributed by atoms with Crippen molar-refractivity contribution in [3.05, 3.63) is 26.3 Å². The van der Waals surface area contributed by atoms with Gasteiger partial charge >= 0.3 is 0 Å². The van der Waals surface area contributed by atoms with E-state index in [0.717, 1.165) is 30.3 Å². The summed E-state index contributed by atoms with van der Waals surface area (Å²) in [6, 6.07) is 0. The predicted molar refractivity (Wildman–Crippen MR) is 81.4 cm³/mol. The number of aromatic nitrogens is 2. The van der Waals surface area contributed by atoms with Crippen molar-refractivity contribution in [2.75, 3.05) is 0 Å². The smallest absolute Gasteiger partial charge is 0.265 e. The summed E-state index contributed by atoms with van der Waals surface area (Å²) in [6.45, 7) is 8.84. The minimum absolute atomic E-state index is 0.0551. The van der Waals surface area contributed by atoms with E-state index in [2.05, 4.69) is 46.7 Å². The summed E-state index contributed by atoms with van der Waals surface area (Å²) in [7, 11) is 0. The standard InChI is InChI=1S/C15H23BrN2O/c1-9-12(16)14(19)18-13(17-9)10-5-7-11(8-6-10)15(2,3)4/h10-11H,5-8H2,1-4H3,(H,17,18,19). The Morgan fingerprint density at radius 2 is 1.79 bits per heavy atom. The van der Waals surface area contributed by atoms with E-state index < -0.39 is 0 Å². The molecule has 4 heteroatoms. The Morgan fingerprint density at radius 3 is 2.26 bits per heavy atom. The number of hydrogen-bond acceptors (Lipinski definition) is 2. The maximum absolute atomic E-state index is 11.8. The van der Waals surface area contributed by atoms with Gasteiger partial charge in [-0.05, 0) is 59.9 Å². The summed E-state index contributed by atoms with van der Waals surface area (Å²) < 4.78 is 0.555. The normalized spacial score (nSPS) is 24.5. The number of aromatic amines is 1. The molecule has 0 radical (unpaired) electrons. The van der Waals surface area contributed by atoms with Gasteiger partial charge < -0.3 is 4.98 Å². The molecule has 0 spiro atoms. The highest BCUT2D eigenvalue weighted by atomic mass is 79.9. The molecule has 1 aliphatic rings. The monoisotopic (exact) mass is 326 g/mol. The van der Waals surface area contributed by atoms with E-state index in [0.29, 0.717) is 15.8 Å². The quantitative estimate of drug-likeness (QED) is 0.842. The number of halogens is 1. The molecule has 1 aromatic rings. The lowest BCUT2D eigenvalue weighted by Gasteiger charge is -2.36. The molecule has 19 heavy (non-hydrogen) atoms. The van der Waals surface area contributed by atoms with Crippen molar-refractivity contribution >= 4 is 15.9 Å². The van der Waals surface area contributed by atoms with E-state index in [1.54, 1.807) is 0 Å². The lowest BCUT2D eigenvalue weighted by molar-refractivity contribution is 0.167. The molecule has 106 valence electrons. The molecule has 0 aliphatic heterocycles. The van der Waals surface area contributed by atoms with E-state index in [1.165, 1.54) is 12.8 Å². The van der Waals surface area contributed by atoms with Crippen molar-refractivity contribution in [1.29, 1.82) is 0 Å². The van der Waals surface area contributed by atoms with Crippen molar-refractivity contribution in [1.82, 2.24) is 9.97 Å². The second kappa shape index (κ2) is 5.39. The highest BCUT2D eigenvalue weighted by Crippen LogP contribution is 2.42. The van der Waals surface area contributed by atoms with Gasteiger partial charge in [-0.15, -0.1) is 0 Å². The molecular weight excluding hydrogens is 304 g/mol. The Hall–Kier alpha value is -0.640. The number of rotatable bonds is 1. The molecule has 1 aliphatic carbocycles. The zero-order chi connectivity index (χ0) is 14.2. The van der Waals surface area contributed by atoms with Gasteiger partial charge in [0.15, 0.2) is 0 Å². The van der Waals surface area contributed by atoms with E-state index >= 15 is 0 Å². The zero-order valence-electron chi connectivity index (χ0n) is 12.2. The lowest BCUT2D eigenvalue weighted by atomic mass is 9.69. The molecule has 1 fully saturated rings. The molecule has 0 atom stereocenters. The number of hydrogen-bond donors (Lipinski definition) is 1. The molecule has 0 amide bonds. The van der Waals surface area contributed by atoms with Gasteiger partial charge in [0.25, 0.3) is 5.56 Å². The molecule has 1 heterocycles. The van der Waals surface area contributed by atoms with Crippen LogP contribution in [0, 0.1) is 18.3 Å². The highest BCUT2D eigenvalue weighted by Gasteiger charge is 2.31. The highest BCUT2D eigenvalue weighted by molar-refractivity contribution is 9.10. The molecule has 0 saturated heterocycles. The van der Waals surface area contributed by atoms with E-state index in [9.17, 15) is 4.79 Å². The van der Waals surface area contributed by atoms with Crippen molar-refractivity contribution in [3.8, 4) is 0 Å². The first kappa shape index (κ1) is 14.8. The van der Waals surface area contributed by atoms with Crippen LogP contribution in [0.15, 0.2) is 9.27 Å². The van der Waals surface area contributed by atoms with Crippen LogP contribution in [-0.4, -0.2) is 9.97 Å².